The van der Waals surface area contributed by atoms with E-state index in [4.69, 9.17) is 9.15 Å². The van der Waals surface area contributed by atoms with Gasteiger partial charge < -0.3 is 9.15 Å². The predicted molar refractivity (Wildman–Crippen MR) is 110 cm³/mol. The average Bonchev–Trinajstić information content (AvgIpc) is 3.22. The number of hydrogen-bond donors (Lipinski definition) is 0. The first-order valence-corrected chi connectivity index (χ1v) is 11.0. The second kappa shape index (κ2) is 9.19. The van der Waals surface area contributed by atoms with Gasteiger partial charge in [0.2, 0.25) is 15.9 Å². The van der Waals surface area contributed by atoms with E-state index in [1.165, 1.54) is 16.4 Å². The minimum absolute atomic E-state index is 0.0490. The summed E-state index contributed by atoms with van der Waals surface area (Å²) >= 11 is 0. The molecule has 9 heteroatoms. The molecular weight excluding hydrogens is 406 g/mol. The van der Waals surface area contributed by atoms with E-state index >= 15 is 0 Å². The third kappa shape index (κ3) is 4.58. The normalized spacial score (nSPS) is 11.6. The summed E-state index contributed by atoms with van der Waals surface area (Å²) in [7, 11) is -3.68. The summed E-state index contributed by atoms with van der Waals surface area (Å²) in [6, 6.07) is 13.6. The molecule has 0 N–H and O–H groups in total. The van der Waals surface area contributed by atoms with Crippen molar-refractivity contribution in [2.45, 2.75) is 32.3 Å². The Kier molecular flexibility index (Phi) is 6.63. The molecule has 0 aliphatic heterocycles. The number of hydrogen-bond acceptors (Lipinski definition) is 7. The van der Waals surface area contributed by atoms with Crippen LogP contribution in [0.3, 0.4) is 0 Å². The fourth-order valence-corrected chi connectivity index (χ4v) is 4.39. The van der Waals surface area contributed by atoms with Gasteiger partial charge in [-0.05, 0) is 36.8 Å². The van der Waals surface area contributed by atoms with E-state index in [1.807, 2.05) is 30.3 Å². The highest BCUT2D eigenvalue weighted by molar-refractivity contribution is 7.89. The molecule has 3 rings (SSSR count). The third-order valence-corrected chi connectivity index (χ3v) is 6.63. The molecule has 1 heterocycles. The Labute approximate surface area is 175 Å². The van der Waals surface area contributed by atoms with Crippen molar-refractivity contribution in [3.63, 3.8) is 0 Å². The second-order valence-corrected chi connectivity index (χ2v) is 8.45. The van der Waals surface area contributed by atoms with Crippen molar-refractivity contribution in [1.29, 1.82) is 0 Å². The van der Waals surface area contributed by atoms with Crippen LogP contribution in [0.15, 0.2) is 57.8 Å². The first-order valence-electron chi connectivity index (χ1n) is 9.52. The fourth-order valence-electron chi connectivity index (χ4n) is 2.91. The molecule has 0 aliphatic rings. The van der Waals surface area contributed by atoms with E-state index in [-0.39, 0.29) is 23.0 Å². The van der Waals surface area contributed by atoms with Crippen molar-refractivity contribution in [1.82, 2.24) is 14.5 Å². The molecule has 0 spiro atoms. The number of aryl methyl sites for hydroxylation is 1. The molecule has 0 atom stereocenters. The van der Waals surface area contributed by atoms with Gasteiger partial charge in [-0.1, -0.05) is 38.1 Å². The van der Waals surface area contributed by atoms with Crippen LogP contribution in [0.25, 0.3) is 11.5 Å². The predicted octanol–water partition coefficient (Wildman–Crippen LogP) is 3.43. The number of carbonyl (C=O) groups is 1. The molecular formula is C21H23N3O5S. The first-order chi connectivity index (χ1) is 14.4. The van der Waals surface area contributed by atoms with Gasteiger partial charge in [0.15, 0.2) is 6.61 Å². The molecule has 2 aromatic carbocycles. The summed E-state index contributed by atoms with van der Waals surface area (Å²) in [5, 5.41) is 7.83. The summed E-state index contributed by atoms with van der Waals surface area (Å²) in [5.41, 5.74) is 1.53. The monoisotopic (exact) mass is 429 g/mol. The number of ether oxygens (including phenoxy) is 1. The van der Waals surface area contributed by atoms with Gasteiger partial charge >= 0.3 is 5.97 Å². The van der Waals surface area contributed by atoms with Crippen LogP contribution in [0.4, 0.5) is 0 Å². The topological polar surface area (TPSA) is 103 Å². The number of benzene rings is 2. The number of rotatable bonds is 8. The largest absolute Gasteiger partial charge is 0.452 e. The summed E-state index contributed by atoms with van der Waals surface area (Å²) < 4.78 is 37.6. The van der Waals surface area contributed by atoms with Crippen LogP contribution in [-0.2, 0) is 21.4 Å². The number of esters is 1. The van der Waals surface area contributed by atoms with Crippen molar-refractivity contribution in [2.75, 3.05) is 13.1 Å². The van der Waals surface area contributed by atoms with Gasteiger partial charge in [0.25, 0.3) is 5.89 Å². The van der Waals surface area contributed by atoms with E-state index in [2.05, 4.69) is 10.2 Å². The highest BCUT2D eigenvalue weighted by Crippen LogP contribution is 2.21. The van der Waals surface area contributed by atoms with E-state index in [0.717, 1.165) is 5.56 Å². The van der Waals surface area contributed by atoms with Crippen LogP contribution >= 0.6 is 0 Å². The van der Waals surface area contributed by atoms with Crippen LogP contribution in [0.2, 0.25) is 0 Å². The van der Waals surface area contributed by atoms with Crippen molar-refractivity contribution >= 4 is 16.0 Å². The van der Waals surface area contributed by atoms with E-state index in [9.17, 15) is 13.2 Å². The minimum Gasteiger partial charge on any atom is -0.452 e. The number of sulfonamides is 1. The molecule has 30 heavy (non-hydrogen) atoms. The van der Waals surface area contributed by atoms with Crippen LogP contribution in [0, 0.1) is 6.92 Å². The summed E-state index contributed by atoms with van der Waals surface area (Å²) in [4.78, 5) is 12.6. The molecule has 8 nitrogen and oxygen atoms in total. The number of aromatic nitrogens is 2. The summed E-state index contributed by atoms with van der Waals surface area (Å²) in [5.74, 6) is -0.194. The maximum absolute atomic E-state index is 12.7. The lowest BCUT2D eigenvalue weighted by molar-refractivity contribution is 0.0437. The zero-order valence-electron chi connectivity index (χ0n) is 17.0. The average molecular weight is 429 g/mol. The van der Waals surface area contributed by atoms with Gasteiger partial charge in [-0.3, -0.25) is 0 Å². The molecule has 1 aromatic heterocycles. The lowest BCUT2D eigenvalue weighted by Crippen LogP contribution is -2.30. The minimum atomic E-state index is -3.68. The highest BCUT2D eigenvalue weighted by atomic mass is 32.2. The van der Waals surface area contributed by atoms with Gasteiger partial charge in [0.05, 0.1) is 10.5 Å². The van der Waals surface area contributed by atoms with Gasteiger partial charge in [-0.15, -0.1) is 10.2 Å². The Hall–Kier alpha value is -3.04. The lowest BCUT2D eigenvalue weighted by Gasteiger charge is -2.19. The van der Waals surface area contributed by atoms with E-state index < -0.39 is 16.0 Å². The Balaban J connectivity index is 1.75. The zero-order valence-corrected chi connectivity index (χ0v) is 17.8. The molecule has 3 aromatic rings. The van der Waals surface area contributed by atoms with Crippen molar-refractivity contribution in [2.24, 2.45) is 0 Å². The Morgan fingerprint density at radius 3 is 2.43 bits per heavy atom. The van der Waals surface area contributed by atoms with E-state index in [0.29, 0.717) is 24.5 Å². The molecule has 0 saturated heterocycles. The molecule has 0 amide bonds. The molecule has 0 bridgehead atoms. The van der Waals surface area contributed by atoms with E-state index in [1.54, 1.807) is 26.8 Å². The van der Waals surface area contributed by atoms with Crippen molar-refractivity contribution in [3.05, 3.63) is 65.5 Å². The van der Waals surface area contributed by atoms with Crippen LogP contribution in [-0.4, -0.2) is 42.0 Å². The van der Waals surface area contributed by atoms with Crippen LogP contribution in [0.5, 0.6) is 0 Å². The smallest absolute Gasteiger partial charge is 0.338 e. The summed E-state index contributed by atoms with van der Waals surface area (Å²) in [6.45, 7) is 5.70. The third-order valence-electron chi connectivity index (χ3n) is 4.59. The molecule has 0 saturated carbocycles. The van der Waals surface area contributed by atoms with Gasteiger partial charge in [-0.2, -0.15) is 4.31 Å². The molecule has 0 unspecified atom stereocenters. The second-order valence-electron chi connectivity index (χ2n) is 6.51. The maximum Gasteiger partial charge on any atom is 0.338 e. The zero-order chi connectivity index (χ0) is 21.7. The molecule has 0 aliphatic carbocycles. The Morgan fingerprint density at radius 1 is 1.07 bits per heavy atom. The summed E-state index contributed by atoms with van der Waals surface area (Å²) in [6.07, 6.45) is 0. The fraction of sp³-hybridized carbons (Fsp3) is 0.286. The quantitative estimate of drug-likeness (QED) is 0.505. The van der Waals surface area contributed by atoms with Crippen LogP contribution < -0.4 is 0 Å². The first kappa shape index (κ1) is 21.7. The molecule has 158 valence electrons. The van der Waals surface area contributed by atoms with Gasteiger partial charge in [-0.25, -0.2) is 13.2 Å². The number of carbonyl (C=O) groups excluding carboxylic acids is 1. The molecule has 0 radical (unpaired) electrons. The Bertz CT molecular complexity index is 1120. The van der Waals surface area contributed by atoms with Crippen LogP contribution in [0.1, 0.15) is 35.7 Å². The standard InChI is InChI=1S/C21H23N3O5S/c1-4-24(5-2)30(26,27)17-12-11-15(3)18(13-17)21(25)28-14-19-22-23-20(29-19)16-9-7-6-8-10-16/h6-13H,4-5,14H2,1-3H3. The van der Waals surface area contributed by atoms with Gasteiger partial charge in [0.1, 0.15) is 0 Å². The van der Waals surface area contributed by atoms with Gasteiger partial charge in [0, 0.05) is 18.7 Å². The molecule has 0 fully saturated rings. The number of nitrogens with zero attached hydrogens (tertiary/aromatic N) is 3. The maximum atomic E-state index is 12.7. The lowest BCUT2D eigenvalue weighted by atomic mass is 10.1. The van der Waals surface area contributed by atoms with Crippen molar-refractivity contribution < 1.29 is 22.4 Å². The van der Waals surface area contributed by atoms with Crippen molar-refractivity contribution in [3.8, 4) is 11.5 Å². The highest BCUT2D eigenvalue weighted by Gasteiger charge is 2.24. The Morgan fingerprint density at radius 2 is 1.77 bits per heavy atom. The SMILES string of the molecule is CCN(CC)S(=O)(=O)c1ccc(C)c(C(=O)OCc2nnc(-c3ccccc3)o2)c1.